The molecule has 0 spiro atoms. The fourth-order valence-electron chi connectivity index (χ4n) is 2.75. The highest BCUT2D eigenvalue weighted by molar-refractivity contribution is 7.99. The van der Waals surface area contributed by atoms with Gasteiger partial charge in [0.25, 0.3) is 0 Å². The van der Waals surface area contributed by atoms with Crippen molar-refractivity contribution < 1.29 is 14.9 Å². The van der Waals surface area contributed by atoms with Gasteiger partial charge in [-0.3, -0.25) is 0 Å². The van der Waals surface area contributed by atoms with E-state index in [1.54, 1.807) is 42.1 Å². The first kappa shape index (κ1) is 18.9. The Balaban J connectivity index is 1.44. The molecule has 136 valence electrons. The third-order valence-corrected chi connectivity index (χ3v) is 5.44. The minimum absolute atomic E-state index is 0.261. The molecule has 0 radical (unpaired) electrons. The number of halogens is 1. The fraction of sp³-hybridized carbons (Fsp3) is 0.238. The number of aliphatic hydroxyl groups excluding tert-OH is 1. The molecular weight excluding hydrogens is 368 g/mol. The number of phenols is 1. The SMILES string of the molecule is Oc1cccc2c(CCSCC(O)COc3ccc(Cl)cc3)cccc12. The van der Waals surface area contributed by atoms with Gasteiger partial charge in [-0.05, 0) is 53.5 Å². The fourth-order valence-corrected chi connectivity index (χ4v) is 3.77. The molecule has 0 fully saturated rings. The highest BCUT2D eigenvalue weighted by Crippen LogP contribution is 2.27. The van der Waals surface area contributed by atoms with Crippen molar-refractivity contribution in [1.29, 1.82) is 0 Å². The van der Waals surface area contributed by atoms with E-state index in [1.165, 1.54) is 5.56 Å². The van der Waals surface area contributed by atoms with E-state index in [0.29, 0.717) is 22.3 Å². The van der Waals surface area contributed by atoms with Crippen LogP contribution in [0.15, 0.2) is 60.7 Å². The molecule has 5 heteroatoms. The zero-order valence-corrected chi connectivity index (χ0v) is 15.8. The number of ether oxygens (including phenoxy) is 1. The molecule has 0 aliphatic carbocycles. The Labute approximate surface area is 162 Å². The van der Waals surface area contributed by atoms with Gasteiger partial charge in [-0.25, -0.2) is 0 Å². The molecule has 3 rings (SSSR count). The van der Waals surface area contributed by atoms with Crippen LogP contribution < -0.4 is 4.74 Å². The Morgan fingerprint density at radius 1 is 0.962 bits per heavy atom. The third-order valence-electron chi connectivity index (χ3n) is 4.07. The number of aryl methyl sites for hydroxylation is 1. The normalized spacial score (nSPS) is 12.2. The Morgan fingerprint density at radius 2 is 1.69 bits per heavy atom. The number of hydrogen-bond donors (Lipinski definition) is 2. The van der Waals surface area contributed by atoms with Crippen LogP contribution in [0.4, 0.5) is 0 Å². The molecule has 0 bridgehead atoms. The molecule has 0 heterocycles. The van der Waals surface area contributed by atoms with Gasteiger partial charge in [0, 0.05) is 16.2 Å². The van der Waals surface area contributed by atoms with Crippen LogP contribution in [0.1, 0.15) is 5.56 Å². The summed E-state index contributed by atoms with van der Waals surface area (Å²) in [5.74, 6) is 2.52. The molecule has 1 unspecified atom stereocenters. The summed E-state index contributed by atoms with van der Waals surface area (Å²) < 4.78 is 5.56. The van der Waals surface area contributed by atoms with E-state index in [4.69, 9.17) is 16.3 Å². The quantitative estimate of drug-likeness (QED) is 0.538. The largest absolute Gasteiger partial charge is 0.507 e. The van der Waals surface area contributed by atoms with Gasteiger partial charge in [0.05, 0.1) is 6.10 Å². The lowest BCUT2D eigenvalue weighted by atomic mass is 10.0. The van der Waals surface area contributed by atoms with Crippen molar-refractivity contribution in [2.75, 3.05) is 18.1 Å². The van der Waals surface area contributed by atoms with Crippen LogP contribution in [0.25, 0.3) is 10.8 Å². The lowest BCUT2D eigenvalue weighted by Gasteiger charge is -2.12. The van der Waals surface area contributed by atoms with Crippen LogP contribution >= 0.6 is 23.4 Å². The Hall–Kier alpha value is -1.88. The highest BCUT2D eigenvalue weighted by atomic mass is 35.5. The van der Waals surface area contributed by atoms with E-state index in [9.17, 15) is 10.2 Å². The first-order valence-electron chi connectivity index (χ1n) is 8.47. The van der Waals surface area contributed by atoms with Gasteiger partial charge >= 0.3 is 0 Å². The summed E-state index contributed by atoms with van der Waals surface area (Å²) in [6, 6.07) is 18.7. The summed E-state index contributed by atoms with van der Waals surface area (Å²) in [6.45, 7) is 0.261. The summed E-state index contributed by atoms with van der Waals surface area (Å²) in [4.78, 5) is 0. The first-order chi connectivity index (χ1) is 12.6. The van der Waals surface area contributed by atoms with E-state index in [2.05, 4.69) is 6.07 Å². The first-order valence-corrected chi connectivity index (χ1v) is 10.0. The van der Waals surface area contributed by atoms with Crippen LogP contribution in [-0.2, 0) is 6.42 Å². The lowest BCUT2D eigenvalue weighted by Crippen LogP contribution is -2.20. The van der Waals surface area contributed by atoms with E-state index in [0.717, 1.165) is 22.9 Å². The minimum atomic E-state index is -0.521. The van der Waals surface area contributed by atoms with E-state index in [1.807, 2.05) is 24.3 Å². The van der Waals surface area contributed by atoms with Crippen LogP contribution in [0.2, 0.25) is 5.02 Å². The number of phenolic OH excluding ortho intramolecular Hbond substituents is 1. The van der Waals surface area contributed by atoms with E-state index in [-0.39, 0.29) is 6.61 Å². The summed E-state index contributed by atoms with van der Waals surface area (Å²) in [6.07, 6.45) is 0.364. The predicted octanol–water partition coefficient (Wildman–Crippen LogP) is 4.91. The molecule has 0 aliphatic rings. The minimum Gasteiger partial charge on any atom is -0.507 e. The summed E-state index contributed by atoms with van der Waals surface area (Å²) in [7, 11) is 0. The average Bonchev–Trinajstić information content (AvgIpc) is 2.65. The maximum atomic E-state index is 10.1. The van der Waals surface area contributed by atoms with Crippen LogP contribution in [0.5, 0.6) is 11.5 Å². The van der Waals surface area contributed by atoms with Crippen molar-refractivity contribution in [3.8, 4) is 11.5 Å². The van der Waals surface area contributed by atoms with Crippen LogP contribution in [0.3, 0.4) is 0 Å². The van der Waals surface area contributed by atoms with Gasteiger partial charge in [0.1, 0.15) is 18.1 Å². The van der Waals surface area contributed by atoms with Gasteiger partial charge in [-0.2, -0.15) is 11.8 Å². The number of thioether (sulfide) groups is 1. The standard InChI is InChI=1S/C21H21ClO3S/c22-16-7-9-18(10-8-16)25-13-17(23)14-26-12-11-15-3-1-5-20-19(15)4-2-6-21(20)24/h1-10,17,23-24H,11-14H2. The summed E-state index contributed by atoms with van der Waals surface area (Å²) in [5.41, 5.74) is 1.21. The zero-order valence-electron chi connectivity index (χ0n) is 14.3. The van der Waals surface area contributed by atoms with Crippen molar-refractivity contribution in [3.05, 3.63) is 71.2 Å². The third kappa shape index (κ3) is 5.07. The molecule has 3 aromatic carbocycles. The van der Waals surface area contributed by atoms with Crippen molar-refractivity contribution >= 4 is 34.1 Å². The molecule has 26 heavy (non-hydrogen) atoms. The van der Waals surface area contributed by atoms with Crippen molar-refractivity contribution in [3.63, 3.8) is 0 Å². The van der Waals surface area contributed by atoms with Crippen LogP contribution in [0, 0.1) is 0 Å². The predicted molar refractivity (Wildman–Crippen MR) is 110 cm³/mol. The van der Waals surface area contributed by atoms with Crippen molar-refractivity contribution in [2.24, 2.45) is 0 Å². The second-order valence-electron chi connectivity index (χ2n) is 6.03. The maximum Gasteiger partial charge on any atom is 0.123 e. The number of hydrogen-bond acceptors (Lipinski definition) is 4. The highest BCUT2D eigenvalue weighted by Gasteiger charge is 2.07. The molecule has 1 atom stereocenters. The zero-order chi connectivity index (χ0) is 18.4. The molecule has 0 saturated carbocycles. The van der Waals surface area contributed by atoms with Gasteiger partial charge in [-0.1, -0.05) is 41.9 Å². The topological polar surface area (TPSA) is 49.7 Å². The van der Waals surface area contributed by atoms with Crippen molar-refractivity contribution in [1.82, 2.24) is 0 Å². The molecule has 2 N–H and O–H groups in total. The number of benzene rings is 3. The molecule has 3 aromatic rings. The number of aromatic hydroxyl groups is 1. The number of aliphatic hydroxyl groups is 1. The molecule has 0 saturated heterocycles. The second kappa shape index (κ2) is 9.17. The molecule has 0 aliphatic heterocycles. The monoisotopic (exact) mass is 388 g/mol. The van der Waals surface area contributed by atoms with Gasteiger partial charge in [0.15, 0.2) is 0 Å². The lowest BCUT2D eigenvalue weighted by molar-refractivity contribution is 0.126. The van der Waals surface area contributed by atoms with Gasteiger partial charge in [0.2, 0.25) is 0 Å². The Morgan fingerprint density at radius 3 is 2.50 bits per heavy atom. The van der Waals surface area contributed by atoms with Crippen molar-refractivity contribution in [2.45, 2.75) is 12.5 Å². The Kier molecular flexibility index (Phi) is 6.67. The average molecular weight is 389 g/mol. The molecule has 0 amide bonds. The Bertz CT molecular complexity index is 852. The molecule has 0 aromatic heterocycles. The second-order valence-corrected chi connectivity index (χ2v) is 7.62. The van der Waals surface area contributed by atoms with Crippen LogP contribution in [-0.4, -0.2) is 34.4 Å². The van der Waals surface area contributed by atoms with Gasteiger partial charge < -0.3 is 14.9 Å². The van der Waals surface area contributed by atoms with Gasteiger partial charge in [-0.15, -0.1) is 0 Å². The van der Waals surface area contributed by atoms with E-state index >= 15 is 0 Å². The number of fused-ring (bicyclic) bond motifs is 1. The smallest absolute Gasteiger partial charge is 0.123 e. The number of rotatable bonds is 8. The molecule has 3 nitrogen and oxygen atoms in total. The maximum absolute atomic E-state index is 10.1. The molecular formula is C21H21ClO3S. The summed E-state index contributed by atoms with van der Waals surface area (Å²) in [5, 5.41) is 22.6. The van der Waals surface area contributed by atoms with E-state index < -0.39 is 6.10 Å². The summed E-state index contributed by atoms with van der Waals surface area (Å²) >= 11 is 7.53.